The van der Waals surface area contributed by atoms with Crippen molar-refractivity contribution in [2.45, 2.75) is 0 Å². The van der Waals surface area contributed by atoms with E-state index in [2.05, 4.69) is 11.8 Å². The van der Waals surface area contributed by atoms with E-state index in [0.29, 0.717) is 0 Å². The molecule has 0 spiro atoms. The molecule has 0 fully saturated rings. The van der Waals surface area contributed by atoms with Gasteiger partial charge in [-0.2, -0.15) is 0 Å². The van der Waals surface area contributed by atoms with Gasteiger partial charge >= 0.3 is 5.97 Å². The van der Waals surface area contributed by atoms with Crippen LogP contribution in [0.5, 0.6) is 0 Å². The molecule has 66 valence electrons. The Balaban J connectivity index is 2.87. The molecule has 0 saturated heterocycles. The summed E-state index contributed by atoms with van der Waals surface area (Å²) in [5.74, 6) is 4.81. The van der Waals surface area contributed by atoms with Crippen LogP contribution in [-0.4, -0.2) is 17.0 Å². The molecule has 0 amide bonds. The van der Waals surface area contributed by atoms with E-state index in [9.17, 15) is 4.79 Å². The van der Waals surface area contributed by atoms with Crippen LogP contribution in [0.2, 0.25) is 0 Å². The fourth-order valence-electron chi connectivity index (χ4n) is 0.832. The van der Waals surface area contributed by atoms with Crippen LogP contribution >= 0.6 is 11.6 Å². The van der Waals surface area contributed by atoms with Crippen LogP contribution in [0.15, 0.2) is 24.3 Å². The molecule has 1 aromatic rings. The molecule has 1 rings (SSSR count). The van der Waals surface area contributed by atoms with E-state index in [1.54, 1.807) is 12.1 Å². The average molecular weight is 195 g/mol. The maximum Gasteiger partial charge on any atom is 0.335 e. The minimum Gasteiger partial charge on any atom is -0.478 e. The molecular weight excluding hydrogens is 188 g/mol. The molecule has 3 heteroatoms. The molecule has 1 aromatic carbocycles. The first-order valence-corrected chi connectivity index (χ1v) is 4.15. The molecule has 0 aliphatic carbocycles. The summed E-state index contributed by atoms with van der Waals surface area (Å²) in [6, 6.07) is 6.34. The molecule has 0 aliphatic rings. The minimum atomic E-state index is -0.933. The van der Waals surface area contributed by atoms with Gasteiger partial charge in [0.05, 0.1) is 11.4 Å². The molecule has 0 atom stereocenters. The summed E-state index contributed by atoms with van der Waals surface area (Å²) < 4.78 is 0. The molecule has 0 saturated carbocycles. The lowest BCUT2D eigenvalue weighted by Gasteiger charge is -1.92. The third-order valence-corrected chi connectivity index (χ3v) is 1.57. The standard InChI is InChI=1S/C10H7ClO2/c11-7-1-2-8-3-5-9(6-4-8)10(12)13/h3-6H,7H2,(H,12,13). The smallest absolute Gasteiger partial charge is 0.335 e. The van der Waals surface area contributed by atoms with Crippen molar-refractivity contribution in [2.24, 2.45) is 0 Å². The predicted octanol–water partition coefficient (Wildman–Crippen LogP) is 1.98. The Morgan fingerprint density at radius 1 is 1.38 bits per heavy atom. The quantitative estimate of drug-likeness (QED) is 0.548. The number of halogens is 1. The van der Waals surface area contributed by atoms with Crippen LogP contribution in [0, 0.1) is 11.8 Å². The molecule has 0 heterocycles. The Hall–Kier alpha value is -1.46. The fourth-order valence-corrected chi connectivity index (χ4v) is 0.898. The summed E-state index contributed by atoms with van der Waals surface area (Å²) in [7, 11) is 0. The van der Waals surface area contributed by atoms with E-state index < -0.39 is 5.97 Å². The summed E-state index contributed by atoms with van der Waals surface area (Å²) in [4.78, 5) is 10.5. The van der Waals surface area contributed by atoms with Gasteiger partial charge in [-0.15, -0.1) is 11.6 Å². The second-order valence-electron chi connectivity index (χ2n) is 2.32. The van der Waals surface area contributed by atoms with Crippen LogP contribution in [0.1, 0.15) is 15.9 Å². The molecule has 0 aliphatic heterocycles. The zero-order valence-electron chi connectivity index (χ0n) is 6.75. The summed E-state index contributed by atoms with van der Waals surface area (Å²) in [6.45, 7) is 0. The topological polar surface area (TPSA) is 37.3 Å². The monoisotopic (exact) mass is 194 g/mol. The summed E-state index contributed by atoms with van der Waals surface area (Å²) >= 11 is 5.37. The van der Waals surface area contributed by atoms with Gasteiger partial charge in [0.2, 0.25) is 0 Å². The van der Waals surface area contributed by atoms with Crippen LogP contribution in [0.4, 0.5) is 0 Å². The summed E-state index contributed by atoms with van der Waals surface area (Å²) in [6.07, 6.45) is 0. The number of hydrogen-bond acceptors (Lipinski definition) is 1. The van der Waals surface area contributed by atoms with Gasteiger partial charge in [-0.25, -0.2) is 4.79 Å². The first-order chi connectivity index (χ1) is 6.24. The SMILES string of the molecule is O=C(O)c1ccc(C#CCCl)cc1. The first kappa shape index (κ1) is 9.63. The highest BCUT2D eigenvalue weighted by Crippen LogP contribution is 2.02. The highest BCUT2D eigenvalue weighted by atomic mass is 35.5. The van der Waals surface area contributed by atoms with Gasteiger partial charge in [0.15, 0.2) is 0 Å². The normalized spacial score (nSPS) is 8.69. The molecular formula is C10H7ClO2. The van der Waals surface area contributed by atoms with E-state index in [4.69, 9.17) is 16.7 Å². The van der Waals surface area contributed by atoms with Gasteiger partial charge in [0.25, 0.3) is 0 Å². The van der Waals surface area contributed by atoms with E-state index in [1.165, 1.54) is 12.1 Å². The van der Waals surface area contributed by atoms with E-state index in [-0.39, 0.29) is 11.4 Å². The number of aromatic carboxylic acids is 1. The largest absolute Gasteiger partial charge is 0.478 e. The van der Waals surface area contributed by atoms with Gasteiger partial charge in [-0.05, 0) is 24.3 Å². The fraction of sp³-hybridized carbons (Fsp3) is 0.100. The number of alkyl halides is 1. The Morgan fingerprint density at radius 2 is 2.00 bits per heavy atom. The molecule has 1 N–H and O–H groups in total. The van der Waals surface area contributed by atoms with E-state index in [1.807, 2.05) is 0 Å². The minimum absolute atomic E-state index is 0.261. The first-order valence-electron chi connectivity index (χ1n) is 3.62. The van der Waals surface area contributed by atoms with Crippen LogP contribution in [0.25, 0.3) is 0 Å². The molecule has 2 nitrogen and oxygen atoms in total. The number of carboxylic acid groups (broad SMARTS) is 1. The predicted molar refractivity (Wildman–Crippen MR) is 51.0 cm³/mol. The molecule has 13 heavy (non-hydrogen) atoms. The van der Waals surface area contributed by atoms with E-state index in [0.717, 1.165) is 5.56 Å². The number of benzene rings is 1. The van der Waals surface area contributed by atoms with Crippen molar-refractivity contribution in [3.05, 3.63) is 35.4 Å². The zero-order chi connectivity index (χ0) is 9.68. The molecule has 0 aromatic heterocycles. The number of carboxylic acids is 1. The van der Waals surface area contributed by atoms with Crippen molar-refractivity contribution in [3.8, 4) is 11.8 Å². The lowest BCUT2D eigenvalue weighted by atomic mass is 10.1. The molecule has 0 unspecified atom stereocenters. The van der Waals surface area contributed by atoms with Crippen LogP contribution in [0.3, 0.4) is 0 Å². The lowest BCUT2D eigenvalue weighted by molar-refractivity contribution is 0.0697. The van der Waals surface area contributed by atoms with Crippen molar-refractivity contribution in [3.63, 3.8) is 0 Å². The number of rotatable bonds is 1. The second-order valence-corrected chi connectivity index (χ2v) is 2.59. The van der Waals surface area contributed by atoms with Gasteiger partial charge < -0.3 is 5.11 Å². The third kappa shape index (κ3) is 2.81. The van der Waals surface area contributed by atoms with Crippen molar-refractivity contribution < 1.29 is 9.90 Å². The summed E-state index contributed by atoms with van der Waals surface area (Å²) in [5.41, 5.74) is 1.03. The Morgan fingerprint density at radius 3 is 2.46 bits per heavy atom. The number of carbonyl (C=O) groups is 1. The molecule has 0 bridgehead atoms. The van der Waals surface area contributed by atoms with Gasteiger partial charge in [0.1, 0.15) is 0 Å². The van der Waals surface area contributed by atoms with Crippen molar-refractivity contribution >= 4 is 17.6 Å². The Labute approximate surface area is 81.1 Å². The third-order valence-electron chi connectivity index (χ3n) is 1.43. The highest BCUT2D eigenvalue weighted by molar-refractivity contribution is 6.19. The van der Waals surface area contributed by atoms with Crippen LogP contribution in [-0.2, 0) is 0 Å². The highest BCUT2D eigenvalue weighted by Gasteiger charge is 1.99. The summed E-state index contributed by atoms with van der Waals surface area (Å²) in [5, 5.41) is 8.59. The van der Waals surface area contributed by atoms with Gasteiger partial charge in [-0.3, -0.25) is 0 Å². The molecule has 0 radical (unpaired) electrons. The maximum atomic E-state index is 10.5. The number of hydrogen-bond donors (Lipinski definition) is 1. The zero-order valence-corrected chi connectivity index (χ0v) is 7.51. The van der Waals surface area contributed by atoms with Crippen LogP contribution < -0.4 is 0 Å². The maximum absolute atomic E-state index is 10.5. The van der Waals surface area contributed by atoms with E-state index >= 15 is 0 Å². The van der Waals surface area contributed by atoms with Gasteiger partial charge in [-0.1, -0.05) is 11.8 Å². The Bertz CT molecular complexity index is 357. The van der Waals surface area contributed by atoms with Crippen molar-refractivity contribution in [1.29, 1.82) is 0 Å². The van der Waals surface area contributed by atoms with Crippen molar-refractivity contribution in [2.75, 3.05) is 5.88 Å². The van der Waals surface area contributed by atoms with Gasteiger partial charge in [0, 0.05) is 5.56 Å². The average Bonchev–Trinajstić information content (AvgIpc) is 2.15. The Kier molecular flexibility index (Phi) is 3.36. The van der Waals surface area contributed by atoms with Crippen molar-refractivity contribution in [1.82, 2.24) is 0 Å². The lowest BCUT2D eigenvalue weighted by Crippen LogP contribution is -1.94. The second kappa shape index (κ2) is 4.54.